The number of H-pyrrole nitrogens is 1. The molecule has 0 radical (unpaired) electrons. The number of hydrogen-bond acceptors (Lipinski definition) is 4. The lowest BCUT2D eigenvalue weighted by Gasteiger charge is -2.16. The lowest BCUT2D eigenvalue weighted by atomic mass is 10.1. The van der Waals surface area contributed by atoms with Crippen molar-refractivity contribution < 1.29 is 4.79 Å². The molecule has 0 aliphatic heterocycles. The predicted molar refractivity (Wildman–Crippen MR) is 79.4 cm³/mol. The molecule has 0 aliphatic rings. The molecule has 1 aromatic rings. The summed E-state index contributed by atoms with van der Waals surface area (Å²) < 4.78 is 0.860. The smallest absolute Gasteiger partial charge is 0.328 e. The van der Waals surface area contributed by atoms with Gasteiger partial charge in [-0.1, -0.05) is 19.8 Å². The standard InChI is InChI=1S/C12H20N4O3.ClH/c1-3-4-5-8(6-13)15-10(17)9-7-14-12(19)16(2)11(9)18;/h7-8H,3-6,13H2,1-2H3,(H,14,19)(H,15,17);1H. The van der Waals surface area contributed by atoms with Crippen LogP contribution in [0.25, 0.3) is 0 Å². The third-order valence-electron chi connectivity index (χ3n) is 2.95. The Labute approximate surface area is 123 Å². The highest BCUT2D eigenvalue weighted by molar-refractivity contribution is 5.93. The number of aromatic nitrogens is 2. The second-order valence-electron chi connectivity index (χ2n) is 4.42. The number of nitrogens with two attached hydrogens (primary N) is 1. The third kappa shape index (κ3) is 4.50. The van der Waals surface area contributed by atoms with Crippen LogP contribution in [-0.2, 0) is 7.05 Å². The first-order chi connectivity index (χ1) is 9.01. The summed E-state index contributed by atoms with van der Waals surface area (Å²) in [4.78, 5) is 37.3. The molecule has 1 heterocycles. The first kappa shape index (κ1) is 18.4. The Kier molecular flexibility index (Phi) is 7.86. The number of nitrogens with zero attached hydrogens (tertiary/aromatic N) is 1. The van der Waals surface area contributed by atoms with E-state index in [9.17, 15) is 14.4 Å². The minimum absolute atomic E-state index is 0. The van der Waals surface area contributed by atoms with Crippen LogP contribution >= 0.6 is 12.4 Å². The van der Waals surface area contributed by atoms with Crippen molar-refractivity contribution in [2.24, 2.45) is 12.8 Å². The molecule has 1 atom stereocenters. The summed E-state index contributed by atoms with van der Waals surface area (Å²) in [6.07, 6.45) is 3.86. The highest BCUT2D eigenvalue weighted by Gasteiger charge is 2.16. The lowest BCUT2D eigenvalue weighted by molar-refractivity contribution is 0.0933. The number of unbranched alkanes of at least 4 members (excludes halogenated alkanes) is 1. The number of halogens is 1. The average Bonchev–Trinajstić information content (AvgIpc) is 2.40. The minimum atomic E-state index is -0.618. The van der Waals surface area contributed by atoms with Gasteiger partial charge >= 0.3 is 5.69 Å². The fourth-order valence-electron chi connectivity index (χ4n) is 1.69. The molecule has 1 unspecified atom stereocenters. The van der Waals surface area contributed by atoms with E-state index in [1.807, 2.05) is 6.92 Å². The van der Waals surface area contributed by atoms with E-state index in [4.69, 9.17) is 5.73 Å². The Morgan fingerprint density at radius 2 is 2.15 bits per heavy atom. The van der Waals surface area contributed by atoms with Crippen molar-refractivity contribution in [3.8, 4) is 0 Å². The maximum Gasteiger partial charge on any atom is 0.328 e. The number of rotatable bonds is 6. The molecule has 1 rings (SSSR count). The third-order valence-corrected chi connectivity index (χ3v) is 2.95. The van der Waals surface area contributed by atoms with Crippen molar-refractivity contribution >= 4 is 18.3 Å². The number of carbonyl (C=O) groups excluding carboxylic acids is 1. The highest BCUT2D eigenvalue weighted by Crippen LogP contribution is 2.00. The summed E-state index contributed by atoms with van der Waals surface area (Å²) in [6, 6.07) is -0.163. The number of hydrogen-bond donors (Lipinski definition) is 3. The molecule has 0 spiro atoms. The number of aromatic amines is 1. The fraction of sp³-hybridized carbons (Fsp3) is 0.583. The first-order valence-electron chi connectivity index (χ1n) is 6.30. The van der Waals surface area contributed by atoms with E-state index in [1.54, 1.807) is 0 Å². The quantitative estimate of drug-likeness (QED) is 0.672. The summed E-state index contributed by atoms with van der Waals surface area (Å²) >= 11 is 0. The Morgan fingerprint density at radius 3 is 2.70 bits per heavy atom. The molecule has 0 saturated heterocycles. The van der Waals surface area contributed by atoms with Gasteiger partial charge in [0.05, 0.1) is 0 Å². The van der Waals surface area contributed by atoms with Gasteiger partial charge in [0.25, 0.3) is 11.5 Å². The van der Waals surface area contributed by atoms with E-state index in [-0.39, 0.29) is 24.0 Å². The fourth-order valence-corrected chi connectivity index (χ4v) is 1.69. The van der Waals surface area contributed by atoms with E-state index in [0.717, 1.165) is 30.0 Å². The van der Waals surface area contributed by atoms with Crippen molar-refractivity contribution in [2.75, 3.05) is 6.54 Å². The monoisotopic (exact) mass is 304 g/mol. The van der Waals surface area contributed by atoms with Crippen LogP contribution in [0.1, 0.15) is 36.5 Å². The van der Waals surface area contributed by atoms with Crippen LogP contribution < -0.4 is 22.3 Å². The van der Waals surface area contributed by atoms with Crippen LogP contribution in [0.15, 0.2) is 15.8 Å². The molecule has 0 aromatic carbocycles. The first-order valence-corrected chi connectivity index (χ1v) is 6.30. The Morgan fingerprint density at radius 1 is 1.50 bits per heavy atom. The van der Waals surface area contributed by atoms with Crippen LogP contribution in [0, 0.1) is 0 Å². The Balaban J connectivity index is 0.00000361. The van der Waals surface area contributed by atoms with Crippen molar-refractivity contribution in [1.29, 1.82) is 0 Å². The van der Waals surface area contributed by atoms with Gasteiger partial charge in [-0.05, 0) is 6.42 Å². The molecule has 1 amide bonds. The summed E-state index contributed by atoms with van der Waals surface area (Å²) in [5.74, 6) is -0.511. The summed E-state index contributed by atoms with van der Waals surface area (Å²) in [6.45, 7) is 2.36. The summed E-state index contributed by atoms with van der Waals surface area (Å²) in [5.41, 5.74) is 4.32. The number of nitrogens with one attached hydrogen (secondary N) is 2. The molecule has 20 heavy (non-hydrogen) atoms. The molecule has 0 aliphatic carbocycles. The van der Waals surface area contributed by atoms with Gasteiger partial charge in [0.15, 0.2) is 0 Å². The maximum atomic E-state index is 12.0. The van der Waals surface area contributed by atoms with E-state index in [0.29, 0.717) is 6.54 Å². The van der Waals surface area contributed by atoms with E-state index in [1.165, 1.54) is 7.05 Å². The van der Waals surface area contributed by atoms with Crippen LogP contribution in [0.3, 0.4) is 0 Å². The van der Waals surface area contributed by atoms with Gasteiger partial charge in [0.1, 0.15) is 5.56 Å². The largest absolute Gasteiger partial charge is 0.348 e. The van der Waals surface area contributed by atoms with Gasteiger partial charge in [0.2, 0.25) is 0 Å². The normalized spacial score (nSPS) is 11.6. The van der Waals surface area contributed by atoms with Gasteiger partial charge < -0.3 is 16.0 Å². The number of amides is 1. The zero-order valence-electron chi connectivity index (χ0n) is 11.6. The van der Waals surface area contributed by atoms with Crippen LogP contribution in [0.4, 0.5) is 0 Å². The molecule has 8 heteroatoms. The maximum absolute atomic E-state index is 12.0. The van der Waals surface area contributed by atoms with Crippen LogP contribution in [0.5, 0.6) is 0 Å². The van der Waals surface area contributed by atoms with Gasteiger partial charge in [-0.2, -0.15) is 0 Å². The molecule has 114 valence electrons. The van der Waals surface area contributed by atoms with Gasteiger partial charge in [-0.3, -0.25) is 14.2 Å². The highest BCUT2D eigenvalue weighted by atomic mass is 35.5. The van der Waals surface area contributed by atoms with Crippen molar-refractivity contribution in [1.82, 2.24) is 14.9 Å². The molecule has 0 fully saturated rings. The Bertz CT molecular complexity index is 552. The molecule has 0 bridgehead atoms. The molecule has 7 nitrogen and oxygen atoms in total. The van der Waals surface area contributed by atoms with E-state index >= 15 is 0 Å². The van der Waals surface area contributed by atoms with Crippen molar-refractivity contribution in [3.63, 3.8) is 0 Å². The van der Waals surface area contributed by atoms with Crippen molar-refractivity contribution in [3.05, 3.63) is 32.6 Å². The zero-order chi connectivity index (χ0) is 14.4. The average molecular weight is 305 g/mol. The lowest BCUT2D eigenvalue weighted by Crippen LogP contribution is -2.44. The topological polar surface area (TPSA) is 110 Å². The van der Waals surface area contributed by atoms with Gasteiger partial charge in [0, 0.05) is 25.8 Å². The second kappa shape index (κ2) is 8.55. The Hall–Kier alpha value is -1.60. The summed E-state index contributed by atoms with van der Waals surface area (Å²) in [5, 5.41) is 2.71. The molecular weight excluding hydrogens is 284 g/mol. The number of carbonyl (C=O) groups is 1. The molecular formula is C12H21ClN4O3. The van der Waals surface area contributed by atoms with E-state index in [2.05, 4.69) is 10.3 Å². The van der Waals surface area contributed by atoms with Crippen LogP contribution in [-0.4, -0.2) is 28.0 Å². The van der Waals surface area contributed by atoms with Crippen molar-refractivity contribution in [2.45, 2.75) is 32.2 Å². The summed E-state index contributed by atoms with van der Waals surface area (Å²) in [7, 11) is 1.31. The SMILES string of the molecule is CCCCC(CN)NC(=O)c1c[nH]c(=O)n(C)c1=O.Cl. The zero-order valence-corrected chi connectivity index (χ0v) is 12.5. The van der Waals surface area contributed by atoms with Gasteiger partial charge in [-0.25, -0.2) is 4.79 Å². The molecule has 4 N–H and O–H groups in total. The predicted octanol–water partition coefficient (Wildman–Crippen LogP) is -0.257. The molecule has 0 saturated carbocycles. The molecule has 1 aromatic heterocycles. The minimum Gasteiger partial charge on any atom is -0.348 e. The van der Waals surface area contributed by atoms with Gasteiger partial charge in [-0.15, -0.1) is 12.4 Å². The van der Waals surface area contributed by atoms with E-state index < -0.39 is 17.2 Å². The second-order valence-corrected chi connectivity index (χ2v) is 4.42. The van der Waals surface area contributed by atoms with Crippen LogP contribution in [0.2, 0.25) is 0 Å².